The molecule has 0 saturated heterocycles. The van der Waals surface area contributed by atoms with Crippen molar-refractivity contribution in [3.8, 4) is 0 Å². The van der Waals surface area contributed by atoms with E-state index in [-0.39, 0.29) is 6.61 Å². The van der Waals surface area contributed by atoms with E-state index in [1.54, 1.807) is 12.1 Å². The Morgan fingerprint density at radius 3 is 2.62 bits per heavy atom. The topological polar surface area (TPSA) is 79.3 Å². The first-order valence-electron chi connectivity index (χ1n) is 3.55. The van der Waals surface area contributed by atoms with Crippen LogP contribution in [-0.2, 0) is 16.6 Å². The Morgan fingerprint density at radius 1 is 1.54 bits per heavy atom. The summed E-state index contributed by atoms with van der Waals surface area (Å²) in [5, 5.41) is 8.66. The molecule has 0 amide bonds. The van der Waals surface area contributed by atoms with Crippen LogP contribution in [0.2, 0.25) is 0 Å². The van der Waals surface area contributed by atoms with Gasteiger partial charge in [-0.1, -0.05) is 0 Å². The van der Waals surface area contributed by atoms with E-state index < -0.39 is 10.0 Å². The maximum atomic E-state index is 10.8. The maximum Gasteiger partial charge on any atom is 0.229 e. The molecule has 2 N–H and O–H groups in total. The van der Waals surface area contributed by atoms with Crippen molar-refractivity contribution in [2.24, 2.45) is 0 Å². The summed E-state index contributed by atoms with van der Waals surface area (Å²) in [5.74, 6) is 0. The van der Waals surface area contributed by atoms with Crippen molar-refractivity contribution in [2.75, 3.05) is 11.0 Å². The molecule has 6 heteroatoms. The molecule has 0 aromatic carbocycles. The zero-order valence-corrected chi connectivity index (χ0v) is 7.87. The quantitative estimate of drug-likeness (QED) is 0.720. The molecular weight excluding hydrogens is 192 g/mol. The summed E-state index contributed by atoms with van der Waals surface area (Å²) in [6, 6.07) is 3.09. The van der Waals surface area contributed by atoms with E-state index in [4.69, 9.17) is 5.11 Å². The molecule has 0 atom stereocenters. The predicted octanol–water partition coefficient (Wildman–Crippen LogP) is -0.0546. The van der Waals surface area contributed by atoms with Gasteiger partial charge in [0, 0.05) is 0 Å². The van der Waals surface area contributed by atoms with E-state index in [2.05, 4.69) is 9.71 Å². The molecule has 5 nitrogen and oxygen atoms in total. The van der Waals surface area contributed by atoms with Crippen LogP contribution >= 0.6 is 0 Å². The largest absolute Gasteiger partial charge is 0.390 e. The van der Waals surface area contributed by atoms with Crippen molar-refractivity contribution in [3.63, 3.8) is 0 Å². The number of nitrogens with one attached hydrogen (secondary N) is 1. The number of pyridine rings is 1. The van der Waals surface area contributed by atoms with Crippen molar-refractivity contribution >= 4 is 15.7 Å². The summed E-state index contributed by atoms with van der Waals surface area (Å²) in [6.45, 7) is -0.154. The second-order valence-electron chi connectivity index (χ2n) is 2.57. The number of rotatable bonds is 3. The number of anilines is 1. The highest BCUT2D eigenvalue weighted by Gasteiger charge is 2.01. The molecule has 0 spiro atoms. The van der Waals surface area contributed by atoms with Crippen molar-refractivity contribution < 1.29 is 13.5 Å². The lowest BCUT2D eigenvalue weighted by Gasteiger charge is -2.02. The van der Waals surface area contributed by atoms with Crippen LogP contribution in [0.15, 0.2) is 18.3 Å². The summed E-state index contributed by atoms with van der Waals surface area (Å²) in [5.41, 5.74) is 0.888. The molecule has 1 aromatic heterocycles. The second-order valence-corrected chi connectivity index (χ2v) is 4.32. The number of hydrogen-bond acceptors (Lipinski definition) is 4. The smallest absolute Gasteiger partial charge is 0.229 e. The lowest BCUT2D eigenvalue weighted by atomic mass is 10.3. The van der Waals surface area contributed by atoms with Crippen LogP contribution in [0.5, 0.6) is 0 Å². The lowest BCUT2D eigenvalue weighted by Crippen LogP contribution is -2.09. The number of aliphatic hydroxyl groups is 1. The van der Waals surface area contributed by atoms with Crippen LogP contribution in [0.25, 0.3) is 0 Å². The Bertz CT molecular complexity index is 371. The predicted molar refractivity (Wildman–Crippen MR) is 48.6 cm³/mol. The summed E-state index contributed by atoms with van der Waals surface area (Å²) < 4.78 is 23.8. The van der Waals surface area contributed by atoms with E-state index in [1.165, 1.54) is 6.20 Å². The first-order valence-corrected chi connectivity index (χ1v) is 5.44. The highest BCUT2D eigenvalue weighted by molar-refractivity contribution is 7.92. The molecule has 0 saturated carbocycles. The summed E-state index contributed by atoms with van der Waals surface area (Å²) in [6.07, 6.45) is 2.42. The fourth-order valence-electron chi connectivity index (χ4n) is 0.792. The molecule has 13 heavy (non-hydrogen) atoms. The van der Waals surface area contributed by atoms with Gasteiger partial charge in [-0.05, 0) is 12.1 Å². The summed E-state index contributed by atoms with van der Waals surface area (Å²) in [4.78, 5) is 3.80. The molecule has 1 heterocycles. The normalized spacial score (nSPS) is 11.2. The average molecular weight is 202 g/mol. The average Bonchev–Trinajstić information content (AvgIpc) is 2.03. The van der Waals surface area contributed by atoms with E-state index in [0.29, 0.717) is 11.4 Å². The van der Waals surface area contributed by atoms with Crippen molar-refractivity contribution in [3.05, 3.63) is 24.0 Å². The molecule has 0 bridgehead atoms. The van der Waals surface area contributed by atoms with Gasteiger partial charge in [-0.2, -0.15) is 0 Å². The van der Waals surface area contributed by atoms with Crippen molar-refractivity contribution in [1.82, 2.24) is 4.98 Å². The summed E-state index contributed by atoms with van der Waals surface area (Å²) in [7, 11) is -3.25. The molecule has 0 radical (unpaired) electrons. The number of aliphatic hydroxyl groups excluding tert-OH is 1. The van der Waals surface area contributed by atoms with E-state index >= 15 is 0 Å². The number of nitrogens with zero attached hydrogens (tertiary/aromatic N) is 1. The first kappa shape index (κ1) is 9.94. The third kappa shape index (κ3) is 3.39. The Kier molecular flexibility index (Phi) is 2.84. The SMILES string of the molecule is CS(=O)(=O)Nc1ccc(CO)nc1. The van der Waals surface area contributed by atoms with Gasteiger partial charge in [-0.15, -0.1) is 0 Å². The van der Waals surface area contributed by atoms with Crippen LogP contribution in [0.1, 0.15) is 5.69 Å². The molecule has 0 fully saturated rings. The third-order valence-corrected chi connectivity index (χ3v) is 1.90. The van der Waals surface area contributed by atoms with Gasteiger partial charge in [0.2, 0.25) is 10.0 Å². The van der Waals surface area contributed by atoms with Gasteiger partial charge in [0.05, 0.1) is 30.4 Å². The van der Waals surface area contributed by atoms with Crippen LogP contribution in [0.3, 0.4) is 0 Å². The fourth-order valence-corrected chi connectivity index (χ4v) is 1.34. The van der Waals surface area contributed by atoms with Gasteiger partial charge >= 0.3 is 0 Å². The minimum atomic E-state index is -3.25. The highest BCUT2D eigenvalue weighted by Crippen LogP contribution is 2.07. The minimum Gasteiger partial charge on any atom is -0.390 e. The zero-order chi connectivity index (χ0) is 9.90. The van der Waals surface area contributed by atoms with Crippen molar-refractivity contribution in [1.29, 1.82) is 0 Å². The highest BCUT2D eigenvalue weighted by atomic mass is 32.2. The zero-order valence-electron chi connectivity index (χ0n) is 7.06. The molecule has 1 aromatic rings. The second kappa shape index (κ2) is 3.71. The van der Waals surface area contributed by atoms with Crippen LogP contribution in [0.4, 0.5) is 5.69 Å². The maximum absolute atomic E-state index is 10.8. The molecule has 0 aliphatic heterocycles. The van der Waals surface area contributed by atoms with Crippen molar-refractivity contribution in [2.45, 2.75) is 6.61 Å². The number of hydrogen-bond donors (Lipinski definition) is 2. The molecular formula is C7H10N2O3S. The van der Waals surface area contributed by atoms with Gasteiger partial charge < -0.3 is 5.11 Å². The van der Waals surface area contributed by atoms with Gasteiger partial charge in [0.15, 0.2) is 0 Å². The first-order chi connectivity index (χ1) is 6.01. The Hall–Kier alpha value is -1.14. The van der Waals surface area contributed by atoms with Gasteiger partial charge in [-0.25, -0.2) is 8.42 Å². The Morgan fingerprint density at radius 2 is 2.23 bits per heavy atom. The fraction of sp³-hybridized carbons (Fsp3) is 0.286. The molecule has 1 rings (SSSR count). The van der Waals surface area contributed by atoms with Crippen LogP contribution in [0, 0.1) is 0 Å². The number of aromatic nitrogens is 1. The van der Waals surface area contributed by atoms with E-state index in [0.717, 1.165) is 6.26 Å². The van der Waals surface area contributed by atoms with E-state index in [9.17, 15) is 8.42 Å². The van der Waals surface area contributed by atoms with Crippen LogP contribution < -0.4 is 4.72 Å². The molecule has 0 aliphatic carbocycles. The molecule has 72 valence electrons. The monoisotopic (exact) mass is 202 g/mol. The lowest BCUT2D eigenvalue weighted by molar-refractivity contribution is 0.277. The Labute approximate surface area is 76.5 Å². The van der Waals surface area contributed by atoms with Gasteiger partial charge in [0.25, 0.3) is 0 Å². The van der Waals surface area contributed by atoms with E-state index in [1.807, 2.05) is 0 Å². The standard InChI is InChI=1S/C7H10N2O3S/c1-13(11,12)9-6-2-3-7(5-10)8-4-6/h2-4,9-10H,5H2,1H3. The van der Waals surface area contributed by atoms with Crippen LogP contribution in [-0.4, -0.2) is 24.8 Å². The molecule has 0 unspecified atom stereocenters. The minimum absolute atomic E-state index is 0.154. The van der Waals surface area contributed by atoms with Gasteiger partial charge in [0.1, 0.15) is 0 Å². The summed E-state index contributed by atoms with van der Waals surface area (Å²) >= 11 is 0. The third-order valence-electron chi connectivity index (χ3n) is 1.29. The Balaban J connectivity index is 2.81. The van der Waals surface area contributed by atoms with Gasteiger partial charge in [-0.3, -0.25) is 9.71 Å². The molecule has 0 aliphatic rings. The number of sulfonamides is 1.